The molecule has 0 aliphatic rings. The molecule has 0 fully saturated rings. The first-order valence-electron chi connectivity index (χ1n) is 7.48. The highest BCUT2D eigenvalue weighted by molar-refractivity contribution is 6.00. The normalized spacial score (nSPS) is 10.0. The Morgan fingerprint density at radius 3 is 2.33 bits per heavy atom. The number of anilines is 4. The number of aryl methyl sites for hydroxylation is 1. The molecular formula is C18H17N5O. The van der Waals surface area contributed by atoms with Crippen molar-refractivity contribution in [1.29, 1.82) is 0 Å². The van der Waals surface area contributed by atoms with Crippen molar-refractivity contribution in [2.75, 3.05) is 16.0 Å². The zero-order chi connectivity index (χ0) is 16.8. The Hall–Kier alpha value is -3.41. The molecule has 0 saturated carbocycles. The molecule has 0 saturated heterocycles. The fourth-order valence-corrected chi connectivity index (χ4v) is 2.16. The van der Waals surface area contributed by atoms with Gasteiger partial charge in [0.1, 0.15) is 12.1 Å². The Balaban J connectivity index is 1.65. The highest BCUT2D eigenvalue weighted by atomic mass is 16.2. The quantitative estimate of drug-likeness (QED) is 0.674. The zero-order valence-electron chi connectivity index (χ0n) is 13.2. The third-order valence-corrected chi connectivity index (χ3v) is 3.23. The summed E-state index contributed by atoms with van der Waals surface area (Å²) >= 11 is 0. The number of para-hydroxylation sites is 1. The van der Waals surface area contributed by atoms with Gasteiger partial charge in [-0.05, 0) is 37.3 Å². The number of rotatable bonds is 4. The number of nitrogens with one attached hydrogen (secondary N) is 3. The highest BCUT2D eigenvalue weighted by Crippen LogP contribution is 2.19. The summed E-state index contributed by atoms with van der Waals surface area (Å²) in [7, 11) is 0. The van der Waals surface area contributed by atoms with Crippen LogP contribution in [0.25, 0.3) is 0 Å². The topological polar surface area (TPSA) is 78.9 Å². The number of benzene rings is 2. The van der Waals surface area contributed by atoms with Gasteiger partial charge in [0, 0.05) is 28.8 Å². The first kappa shape index (κ1) is 15.5. The minimum Gasteiger partial charge on any atom is -0.340 e. The van der Waals surface area contributed by atoms with Crippen LogP contribution in [0.2, 0.25) is 0 Å². The number of aromatic nitrogens is 2. The maximum atomic E-state index is 12.0. The molecule has 0 radical (unpaired) electrons. The lowest BCUT2D eigenvalue weighted by molar-refractivity contribution is 0.262. The van der Waals surface area contributed by atoms with E-state index in [1.807, 2.05) is 67.6 Å². The molecule has 6 heteroatoms. The minimum absolute atomic E-state index is 0.295. The molecule has 0 unspecified atom stereocenters. The van der Waals surface area contributed by atoms with Crippen molar-refractivity contribution in [3.8, 4) is 0 Å². The van der Waals surface area contributed by atoms with E-state index < -0.39 is 0 Å². The highest BCUT2D eigenvalue weighted by Gasteiger charge is 2.04. The van der Waals surface area contributed by atoms with Gasteiger partial charge in [-0.25, -0.2) is 14.8 Å². The Bertz CT molecular complexity index is 836. The van der Waals surface area contributed by atoms with E-state index >= 15 is 0 Å². The molecule has 3 aromatic rings. The van der Waals surface area contributed by atoms with Gasteiger partial charge < -0.3 is 16.0 Å². The summed E-state index contributed by atoms with van der Waals surface area (Å²) in [4.78, 5) is 20.3. The molecule has 0 atom stereocenters. The molecule has 1 aromatic heterocycles. The fraction of sp³-hybridized carbons (Fsp3) is 0.0556. The third-order valence-electron chi connectivity index (χ3n) is 3.23. The van der Waals surface area contributed by atoms with Crippen molar-refractivity contribution in [3.63, 3.8) is 0 Å². The summed E-state index contributed by atoms with van der Waals surface area (Å²) in [5.74, 6) is 0.702. The number of urea groups is 1. The molecule has 0 spiro atoms. The van der Waals surface area contributed by atoms with Crippen molar-refractivity contribution in [2.24, 2.45) is 0 Å². The molecule has 2 aromatic carbocycles. The van der Waals surface area contributed by atoms with Crippen LogP contribution in [0.3, 0.4) is 0 Å². The van der Waals surface area contributed by atoms with Gasteiger partial charge in [0.15, 0.2) is 0 Å². The number of hydrogen-bond acceptors (Lipinski definition) is 4. The summed E-state index contributed by atoms with van der Waals surface area (Å²) in [6.45, 7) is 1.90. The lowest BCUT2D eigenvalue weighted by Crippen LogP contribution is -2.19. The summed E-state index contributed by atoms with van der Waals surface area (Å²) in [5.41, 5.74) is 3.12. The van der Waals surface area contributed by atoms with Crippen LogP contribution < -0.4 is 16.0 Å². The first-order valence-corrected chi connectivity index (χ1v) is 7.48. The van der Waals surface area contributed by atoms with Gasteiger partial charge >= 0.3 is 6.03 Å². The lowest BCUT2D eigenvalue weighted by atomic mass is 10.2. The van der Waals surface area contributed by atoms with Crippen LogP contribution in [0.15, 0.2) is 67.0 Å². The van der Waals surface area contributed by atoms with Crippen molar-refractivity contribution in [2.45, 2.75) is 6.92 Å². The van der Waals surface area contributed by atoms with E-state index in [1.165, 1.54) is 6.33 Å². The van der Waals surface area contributed by atoms with Gasteiger partial charge in [0.05, 0.1) is 0 Å². The molecule has 3 N–H and O–H groups in total. The van der Waals surface area contributed by atoms with E-state index in [0.717, 1.165) is 17.1 Å². The number of hydrogen-bond donors (Lipinski definition) is 3. The van der Waals surface area contributed by atoms with Crippen LogP contribution in [0.4, 0.5) is 27.7 Å². The molecule has 24 heavy (non-hydrogen) atoms. The lowest BCUT2D eigenvalue weighted by Gasteiger charge is -2.10. The summed E-state index contributed by atoms with van der Waals surface area (Å²) < 4.78 is 0. The molecule has 2 amide bonds. The molecule has 0 bridgehead atoms. The van der Waals surface area contributed by atoms with Gasteiger partial charge in [-0.3, -0.25) is 0 Å². The monoisotopic (exact) mass is 319 g/mol. The number of carbonyl (C=O) groups is 1. The average molecular weight is 319 g/mol. The van der Waals surface area contributed by atoms with Crippen LogP contribution in [-0.4, -0.2) is 16.0 Å². The van der Waals surface area contributed by atoms with E-state index in [2.05, 4.69) is 25.9 Å². The maximum absolute atomic E-state index is 12.0. The summed E-state index contributed by atoms with van der Waals surface area (Å²) in [6, 6.07) is 18.2. The Morgan fingerprint density at radius 2 is 1.54 bits per heavy atom. The van der Waals surface area contributed by atoms with Gasteiger partial charge in [-0.15, -0.1) is 0 Å². The molecule has 0 aliphatic heterocycles. The fourth-order valence-electron chi connectivity index (χ4n) is 2.16. The number of carbonyl (C=O) groups excluding carboxylic acids is 1. The smallest absolute Gasteiger partial charge is 0.323 e. The minimum atomic E-state index is -0.295. The maximum Gasteiger partial charge on any atom is 0.323 e. The van der Waals surface area contributed by atoms with Crippen molar-refractivity contribution in [3.05, 3.63) is 72.7 Å². The molecule has 0 aliphatic carbocycles. The largest absolute Gasteiger partial charge is 0.340 e. The third kappa shape index (κ3) is 4.30. The zero-order valence-corrected chi connectivity index (χ0v) is 13.2. The molecule has 120 valence electrons. The van der Waals surface area contributed by atoms with Crippen LogP contribution in [-0.2, 0) is 0 Å². The van der Waals surface area contributed by atoms with E-state index in [4.69, 9.17) is 0 Å². The Kier molecular flexibility index (Phi) is 4.67. The molecule has 3 rings (SSSR count). The second-order valence-corrected chi connectivity index (χ2v) is 5.20. The summed E-state index contributed by atoms with van der Waals surface area (Å²) in [6.07, 6.45) is 1.51. The Morgan fingerprint density at radius 1 is 0.833 bits per heavy atom. The van der Waals surface area contributed by atoms with Crippen LogP contribution >= 0.6 is 0 Å². The van der Waals surface area contributed by atoms with E-state index in [1.54, 1.807) is 0 Å². The van der Waals surface area contributed by atoms with Crippen LogP contribution in [0.1, 0.15) is 5.69 Å². The van der Waals surface area contributed by atoms with Crippen molar-refractivity contribution in [1.82, 2.24) is 9.97 Å². The number of amides is 2. The van der Waals surface area contributed by atoms with E-state index in [-0.39, 0.29) is 6.03 Å². The van der Waals surface area contributed by atoms with Gasteiger partial charge in [0.2, 0.25) is 0 Å². The second kappa shape index (κ2) is 7.23. The predicted molar refractivity (Wildman–Crippen MR) is 95.6 cm³/mol. The van der Waals surface area contributed by atoms with Gasteiger partial charge in [-0.2, -0.15) is 0 Å². The van der Waals surface area contributed by atoms with E-state index in [9.17, 15) is 4.79 Å². The standard InChI is InChI=1S/C18H17N5O/c1-13-10-17(20-12-19-13)21-15-8-5-9-16(11-15)23-18(24)22-14-6-3-2-4-7-14/h2-12H,1H3,(H,19,20,21)(H2,22,23,24). The number of nitrogens with zero attached hydrogens (tertiary/aromatic N) is 2. The van der Waals surface area contributed by atoms with Crippen molar-refractivity contribution >= 4 is 28.9 Å². The second-order valence-electron chi connectivity index (χ2n) is 5.20. The van der Waals surface area contributed by atoms with E-state index in [0.29, 0.717) is 11.5 Å². The van der Waals surface area contributed by atoms with Crippen LogP contribution in [0.5, 0.6) is 0 Å². The van der Waals surface area contributed by atoms with Crippen molar-refractivity contribution < 1.29 is 4.79 Å². The molecular weight excluding hydrogens is 302 g/mol. The van der Waals surface area contributed by atoms with Gasteiger partial charge in [0.25, 0.3) is 0 Å². The average Bonchev–Trinajstić information content (AvgIpc) is 2.56. The molecule has 1 heterocycles. The SMILES string of the molecule is Cc1cc(Nc2cccc(NC(=O)Nc3ccccc3)c2)ncn1. The first-order chi connectivity index (χ1) is 11.7. The predicted octanol–water partition coefficient (Wildman–Crippen LogP) is 4.17. The van der Waals surface area contributed by atoms with Gasteiger partial charge in [-0.1, -0.05) is 24.3 Å². The Labute approximate surface area is 140 Å². The summed E-state index contributed by atoms with van der Waals surface area (Å²) in [5, 5.41) is 8.77. The van der Waals surface area contributed by atoms with Crippen LogP contribution in [0, 0.1) is 6.92 Å². The molecule has 6 nitrogen and oxygen atoms in total.